The Morgan fingerprint density at radius 1 is 1.60 bits per heavy atom. The summed E-state index contributed by atoms with van der Waals surface area (Å²) in [6.07, 6.45) is 0.159. The minimum Gasteiger partial charge on any atom is -0.338 e. The number of hydrogen-bond acceptors (Lipinski definition) is 6. The number of aryl methyl sites for hydroxylation is 1. The summed E-state index contributed by atoms with van der Waals surface area (Å²) in [6.45, 7) is 1.99. The zero-order chi connectivity index (χ0) is 10.8. The van der Waals surface area contributed by atoms with Gasteiger partial charge in [0.2, 0.25) is 17.7 Å². The molecule has 0 spiro atoms. The van der Waals surface area contributed by atoms with Crippen molar-refractivity contribution in [3.05, 3.63) is 11.7 Å². The van der Waals surface area contributed by atoms with Gasteiger partial charge in [-0.05, 0) is 6.92 Å². The molecule has 80 valence electrons. The Kier molecular flexibility index (Phi) is 2.46. The standard InChI is InChI=1S/C8H10N4O3/c1-4-10-7(15-12-4)3-9-5-2-6(13)11-8(5)14/h5,9H,2-3H2,1H3,(H,11,13,14). The van der Waals surface area contributed by atoms with Crippen molar-refractivity contribution >= 4 is 11.8 Å². The second-order valence-corrected chi connectivity index (χ2v) is 3.29. The highest BCUT2D eigenvalue weighted by atomic mass is 16.5. The van der Waals surface area contributed by atoms with E-state index in [4.69, 9.17) is 4.52 Å². The molecular formula is C8H10N4O3. The molecule has 2 rings (SSSR count). The highest BCUT2D eigenvalue weighted by Crippen LogP contribution is 2.03. The third kappa shape index (κ3) is 2.18. The van der Waals surface area contributed by atoms with Crippen molar-refractivity contribution in [2.24, 2.45) is 0 Å². The summed E-state index contributed by atoms with van der Waals surface area (Å²) in [5.41, 5.74) is 0. The fourth-order valence-corrected chi connectivity index (χ4v) is 1.34. The highest BCUT2D eigenvalue weighted by molar-refractivity contribution is 6.05. The number of aromatic nitrogens is 2. The highest BCUT2D eigenvalue weighted by Gasteiger charge is 2.30. The molecule has 1 aromatic rings. The number of hydrogen-bond donors (Lipinski definition) is 2. The zero-order valence-electron chi connectivity index (χ0n) is 8.11. The van der Waals surface area contributed by atoms with Crippen molar-refractivity contribution in [3.8, 4) is 0 Å². The molecule has 1 saturated heterocycles. The van der Waals surface area contributed by atoms with Gasteiger partial charge in [-0.2, -0.15) is 4.98 Å². The molecule has 0 radical (unpaired) electrons. The summed E-state index contributed by atoms with van der Waals surface area (Å²) in [6, 6.07) is -0.496. The van der Waals surface area contributed by atoms with E-state index in [2.05, 4.69) is 20.8 Å². The molecular weight excluding hydrogens is 200 g/mol. The van der Waals surface area contributed by atoms with Crippen molar-refractivity contribution in [2.75, 3.05) is 0 Å². The van der Waals surface area contributed by atoms with E-state index >= 15 is 0 Å². The molecule has 0 saturated carbocycles. The number of nitrogens with zero attached hydrogens (tertiary/aromatic N) is 2. The number of carbonyl (C=O) groups excluding carboxylic acids is 2. The third-order valence-corrected chi connectivity index (χ3v) is 2.04. The van der Waals surface area contributed by atoms with E-state index in [0.29, 0.717) is 11.7 Å². The van der Waals surface area contributed by atoms with Crippen LogP contribution in [0.2, 0.25) is 0 Å². The topological polar surface area (TPSA) is 97.1 Å². The van der Waals surface area contributed by atoms with Gasteiger partial charge in [0.15, 0.2) is 5.82 Å². The SMILES string of the molecule is Cc1noc(CNC2CC(=O)NC2=O)n1. The van der Waals surface area contributed by atoms with Crippen LogP contribution < -0.4 is 10.6 Å². The van der Waals surface area contributed by atoms with Gasteiger partial charge in [-0.3, -0.25) is 20.2 Å². The summed E-state index contributed by atoms with van der Waals surface area (Å²) >= 11 is 0. The lowest BCUT2D eigenvalue weighted by atomic mass is 10.2. The van der Waals surface area contributed by atoms with Crippen LogP contribution in [0.15, 0.2) is 4.52 Å². The molecule has 0 bridgehead atoms. The monoisotopic (exact) mass is 210 g/mol. The quantitative estimate of drug-likeness (QED) is 0.613. The minimum atomic E-state index is -0.496. The Balaban J connectivity index is 1.88. The summed E-state index contributed by atoms with van der Waals surface area (Å²) < 4.78 is 4.85. The lowest BCUT2D eigenvalue weighted by molar-refractivity contribution is -0.125. The molecule has 1 atom stereocenters. The Hall–Kier alpha value is -1.76. The van der Waals surface area contributed by atoms with Crippen molar-refractivity contribution in [1.82, 2.24) is 20.8 Å². The molecule has 2 amide bonds. The number of nitrogens with one attached hydrogen (secondary N) is 2. The van der Waals surface area contributed by atoms with Crippen LogP contribution in [-0.4, -0.2) is 28.0 Å². The predicted octanol–water partition coefficient (Wildman–Crippen LogP) is -1.12. The van der Waals surface area contributed by atoms with Crippen LogP contribution in [0.1, 0.15) is 18.1 Å². The molecule has 1 aromatic heterocycles. The maximum atomic E-state index is 11.2. The molecule has 1 unspecified atom stereocenters. The largest absolute Gasteiger partial charge is 0.338 e. The molecule has 0 aliphatic carbocycles. The van der Waals surface area contributed by atoms with Gasteiger partial charge in [0, 0.05) is 0 Å². The van der Waals surface area contributed by atoms with Crippen LogP contribution in [0.25, 0.3) is 0 Å². The summed E-state index contributed by atoms with van der Waals surface area (Å²) in [7, 11) is 0. The first kappa shape index (κ1) is 9.78. The van der Waals surface area contributed by atoms with E-state index in [1.807, 2.05) is 0 Å². The van der Waals surface area contributed by atoms with Crippen molar-refractivity contribution in [2.45, 2.75) is 25.9 Å². The molecule has 2 heterocycles. The van der Waals surface area contributed by atoms with Crippen LogP contribution in [0.3, 0.4) is 0 Å². The van der Waals surface area contributed by atoms with Crippen LogP contribution >= 0.6 is 0 Å². The average molecular weight is 210 g/mol. The van der Waals surface area contributed by atoms with Crippen molar-refractivity contribution in [3.63, 3.8) is 0 Å². The molecule has 0 aromatic carbocycles. The Labute approximate surface area is 85.2 Å². The molecule has 7 heteroatoms. The second-order valence-electron chi connectivity index (χ2n) is 3.29. The van der Waals surface area contributed by atoms with Crippen molar-refractivity contribution < 1.29 is 14.1 Å². The van der Waals surface area contributed by atoms with E-state index in [9.17, 15) is 9.59 Å². The van der Waals surface area contributed by atoms with E-state index < -0.39 is 6.04 Å². The van der Waals surface area contributed by atoms with Crippen LogP contribution in [-0.2, 0) is 16.1 Å². The number of rotatable bonds is 3. The van der Waals surface area contributed by atoms with Crippen LogP contribution in [0.5, 0.6) is 0 Å². The second kappa shape index (κ2) is 3.77. The third-order valence-electron chi connectivity index (χ3n) is 2.04. The Bertz CT molecular complexity index is 400. The van der Waals surface area contributed by atoms with Crippen LogP contribution in [0, 0.1) is 6.92 Å². The lowest BCUT2D eigenvalue weighted by Crippen LogP contribution is -2.35. The number of carbonyl (C=O) groups is 2. The van der Waals surface area contributed by atoms with E-state index in [-0.39, 0.29) is 24.8 Å². The summed E-state index contributed by atoms with van der Waals surface area (Å²) in [5, 5.41) is 8.67. The summed E-state index contributed by atoms with van der Waals surface area (Å²) in [5.74, 6) is 0.369. The fraction of sp³-hybridized carbons (Fsp3) is 0.500. The molecule has 1 fully saturated rings. The fourth-order valence-electron chi connectivity index (χ4n) is 1.34. The molecule has 7 nitrogen and oxygen atoms in total. The smallest absolute Gasteiger partial charge is 0.244 e. The van der Waals surface area contributed by atoms with Crippen LogP contribution in [0.4, 0.5) is 0 Å². The maximum Gasteiger partial charge on any atom is 0.244 e. The van der Waals surface area contributed by atoms with Gasteiger partial charge in [0.25, 0.3) is 0 Å². The van der Waals surface area contributed by atoms with Gasteiger partial charge in [-0.25, -0.2) is 0 Å². The molecule has 15 heavy (non-hydrogen) atoms. The van der Waals surface area contributed by atoms with Gasteiger partial charge < -0.3 is 4.52 Å². The zero-order valence-corrected chi connectivity index (χ0v) is 8.11. The Morgan fingerprint density at radius 2 is 2.40 bits per heavy atom. The molecule has 1 aliphatic rings. The Morgan fingerprint density at radius 3 is 2.93 bits per heavy atom. The normalized spacial score (nSPS) is 20.7. The average Bonchev–Trinajstić information content (AvgIpc) is 2.70. The first-order valence-corrected chi connectivity index (χ1v) is 4.51. The first-order valence-electron chi connectivity index (χ1n) is 4.51. The van der Waals surface area contributed by atoms with Crippen molar-refractivity contribution in [1.29, 1.82) is 0 Å². The van der Waals surface area contributed by atoms with E-state index in [0.717, 1.165) is 0 Å². The maximum absolute atomic E-state index is 11.2. The number of amides is 2. The molecule has 1 aliphatic heterocycles. The summed E-state index contributed by atoms with van der Waals surface area (Å²) in [4.78, 5) is 26.0. The van der Waals surface area contributed by atoms with Gasteiger partial charge in [0.1, 0.15) is 0 Å². The predicted molar refractivity (Wildman–Crippen MR) is 47.4 cm³/mol. The van der Waals surface area contributed by atoms with E-state index in [1.165, 1.54) is 0 Å². The minimum absolute atomic E-state index is 0.159. The first-order chi connectivity index (χ1) is 7.15. The van der Waals surface area contributed by atoms with Gasteiger partial charge in [0.05, 0.1) is 19.0 Å². The lowest BCUT2D eigenvalue weighted by Gasteiger charge is -2.04. The van der Waals surface area contributed by atoms with E-state index in [1.54, 1.807) is 6.92 Å². The van der Waals surface area contributed by atoms with Gasteiger partial charge in [-0.15, -0.1) is 0 Å². The van der Waals surface area contributed by atoms with Gasteiger partial charge >= 0.3 is 0 Å². The number of imide groups is 1. The molecule has 2 N–H and O–H groups in total. The van der Waals surface area contributed by atoms with Gasteiger partial charge in [-0.1, -0.05) is 5.16 Å².